The van der Waals surface area contributed by atoms with E-state index in [2.05, 4.69) is 39.5 Å². The van der Waals surface area contributed by atoms with Gasteiger partial charge >= 0.3 is 0 Å². The van der Waals surface area contributed by atoms with E-state index >= 15 is 0 Å². The first kappa shape index (κ1) is 27.5. The number of hydrogen-bond donors (Lipinski definition) is 2. The van der Waals surface area contributed by atoms with E-state index in [0.717, 1.165) is 40.3 Å². The maximum absolute atomic E-state index is 12.1. The van der Waals surface area contributed by atoms with Crippen molar-refractivity contribution >= 4 is 38.7 Å². The summed E-state index contributed by atoms with van der Waals surface area (Å²) in [6.45, 7) is 4.16. The maximum Gasteiger partial charge on any atom is 0.229 e. The van der Waals surface area contributed by atoms with Gasteiger partial charge in [-0.15, -0.1) is 0 Å². The van der Waals surface area contributed by atoms with Gasteiger partial charge in [0.1, 0.15) is 11.5 Å². The Balaban J connectivity index is 1.67. The molecule has 3 heterocycles. The number of nitrogens with zero attached hydrogens (tertiary/aromatic N) is 3. The highest BCUT2D eigenvalue weighted by Gasteiger charge is 2.42. The molecule has 208 valence electrons. The van der Waals surface area contributed by atoms with Crippen molar-refractivity contribution < 1.29 is 17.9 Å². The molecule has 5 rings (SSSR count). The second kappa shape index (κ2) is 10.8. The number of aryl methyl sites for hydroxylation is 1. The first-order valence-corrected chi connectivity index (χ1v) is 14.9. The number of nitrogens with one attached hydrogen (secondary N) is 2. The van der Waals surface area contributed by atoms with Crippen molar-refractivity contribution in [3.05, 3.63) is 95.6 Å². The molecule has 0 saturated carbocycles. The van der Waals surface area contributed by atoms with Gasteiger partial charge in [0, 0.05) is 29.0 Å². The second-order valence-corrected chi connectivity index (χ2v) is 11.8. The molecule has 2 aromatic carbocycles. The fraction of sp³-hybridized carbons (Fsp3) is 0.241. The van der Waals surface area contributed by atoms with Gasteiger partial charge in [0.25, 0.3) is 0 Å². The van der Waals surface area contributed by atoms with Crippen LogP contribution in [0.25, 0.3) is 5.69 Å². The molecule has 1 saturated heterocycles. The largest absolute Gasteiger partial charge is 0.497 e. The predicted octanol–water partition coefficient (Wildman–Crippen LogP) is 5.05. The minimum atomic E-state index is -3.55. The second-order valence-electron chi connectivity index (χ2n) is 9.62. The molecule has 2 aromatic heterocycles. The first-order valence-electron chi connectivity index (χ1n) is 12.6. The van der Waals surface area contributed by atoms with E-state index in [1.54, 1.807) is 25.4 Å². The molecule has 0 amide bonds. The van der Waals surface area contributed by atoms with Gasteiger partial charge in [-0.05, 0) is 92.3 Å². The highest BCUT2D eigenvalue weighted by molar-refractivity contribution is 7.92. The summed E-state index contributed by atoms with van der Waals surface area (Å²) in [6, 6.07) is 20.7. The van der Waals surface area contributed by atoms with Crippen LogP contribution in [0.15, 0.2) is 72.9 Å². The molecular formula is C29H31N5O4S2. The lowest BCUT2D eigenvalue weighted by atomic mass is 9.96. The molecule has 9 nitrogen and oxygen atoms in total. The van der Waals surface area contributed by atoms with Crippen LogP contribution in [-0.4, -0.2) is 43.6 Å². The molecular weight excluding hydrogens is 546 g/mol. The van der Waals surface area contributed by atoms with Gasteiger partial charge in [-0.1, -0.05) is 6.07 Å². The number of aromatic nitrogens is 2. The molecule has 2 N–H and O–H groups in total. The number of ether oxygens (including phenoxy) is 2. The Morgan fingerprint density at radius 3 is 2.33 bits per heavy atom. The molecule has 0 spiro atoms. The summed E-state index contributed by atoms with van der Waals surface area (Å²) in [5.74, 6) is 1.19. The van der Waals surface area contributed by atoms with E-state index in [9.17, 15) is 8.42 Å². The number of sulfonamides is 1. The van der Waals surface area contributed by atoms with Crippen LogP contribution >= 0.6 is 12.2 Å². The SMILES string of the molecule is COc1ccc(-n2c(C)cc([C@@H]3[C@@H](c4ccccn4)NC(=S)N3c3ccc(OC)c(NS(C)(=O)=O)c3)c2C)cc1. The number of anilines is 2. The fourth-order valence-electron chi connectivity index (χ4n) is 5.29. The van der Waals surface area contributed by atoms with Crippen molar-refractivity contribution in [2.75, 3.05) is 30.1 Å². The fourth-order valence-corrected chi connectivity index (χ4v) is 6.19. The van der Waals surface area contributed by atoms with E-state index in [1.165, 1.54) is 7.11 Å². The zero-order valence-electron chi connectivity index (χ0n) is 22.9. The van der Waals surface area contributed by atoms with Crippen molar-refractivity contribution in [3.8, 4) is 17.2 Å². The predicted molar refractivity (Wildman–Crippen MR) is 161 cm³/mol. The van der Waals surface area contributed by atoms with Gasteiger partial charge in [0.05, 0.1) is 43.9 Å². The molecule has 0 radical (unpaired) electrons. The topological polar surface area (TPSA) is 97.7 Å². The quantitative estimate of drug-likeness (QED) is 0.281. The van der Waals surface area contributed by atoms with E-state index in [1.807, 2.05) is 53.4 Å². The smallest absolute Gasteiger partial charge is 0.229 e. The van der Waals surface area contributed by atoms with E-state index in [4.69, 9.17) is 21.7 Å². The van der Waals surface area contributed by atoms with Crippen molar-refractivity contribution in [1.82, 2.24) is 14.9 Å². The number of benzene rings is 2. The molecule has 4 aromatic rings. The standard InChI is InChI=1S/C29H31N5O4S2/c1-18-16-23(19(2)33(18)20-9-12-22(37-3)13-10-20)28-27(24-8-6-7-15-30-24)31-29(39)34(28)21-11-14-26(38-4)25(17-21)32-40(5,35)36/h6-17,27-28,32H,1-5H3,(H,31,39)/t27-,28-/m1/s1. The van der Waals surface area contributed by atoms with Crippen LogP contribution in [-0.2, 0) is 10.0 Å². The van der Waals surface area contributed by atoms with Crippen LogP contribution in [0.1, 0.15) is 34.7 Å². The number of methoxy groups -OCH3 is 2. The molecule has 1 aliphatic heterocycles. The zero-order valence-corrected chi connectivity index (χ0v) is 24.5. The Bertz CT molecular complexity index is 1650. The van der Waals surface area contributed by atoms with Gasteiger partial charge in [-0.3, -0.25) is 9.71 Å². The average molecular weight is 578 g/mol. The summed E-state index contributed by atoms with van der Waals surface area (Å²) >= 11 is 5.89. The number of pyridine rings is 1. The molecule has 0 aliphatic carbocycles. The molecule has 40 heavy (non-hydrogen) atoms. The van der Waals surface area contributed by atoms with Crippen molar-refractivity contribution in [2.45, 2.75) is 25.9 Å². The number of hydrogen-bond acceptors (Lipinski definition) is 6. The van der Waals surface area contributed by atoms with Gasteiger partial charge in [-0.25, -0.2) is 8.42 Å². The molecule has 11 heteroatoms. The van der Waals surface area contributed by atoms with Crippen molar-refractivity contribution in [2.24, 2.45) is 0 Å². The third-order valence-electron chi connectivity index (χ3n) is 6.97. The summed E-state index contributed by atoms with van der Waals surface area (Å²) in [5.41, 5.74) is 6.06. The third kappa shape index (κ3) is 5.22. The van der Waals surface area contributed by atoms with Crippen molar-refractivity contribution in [3.63, 3.8) is 0 Å². The van der Waals surface area contributed by atoms with Crippen LogP contribution in [0.5, 0.6) is 11.5 Å². The van der Waals surface area contributed by atoms with Crippen molar-refractivity contribution in [1.29, 1.82) is 0 Å². The Labute approximate surface area is 239 Å². The summed E-state index contributed by atoms with van der Waals surface area (Å²) in [5, 5.41) is 3.98. The summed E-state index contributed by atoms with van der Waals surface area (Å²) in [6.07, 6.45) is 2.87. The Morgan fingerprint density at radius 1 is 0.975 bits per heavy atom. The lowest BCUT2D eigenvalue weighted by Crippen LogP contribution is -2.29. The molecule has 2 atom stereocenters. The monoisotopic (exact) mass is 577 g/mol. The Kier molecular flexibility index (Phi) is 7.43. The molecule has 0 bridgehead atoms. The Morgan fingerprint density at radius 2 is 1.70 bits per heavy atom. The summed E-state index contributed by atoms with van der Waals surface area (Å²) in [7, 11) is -0.398. The van der Waals surface area contributed by atoms with Crippen LogP contribution < -0.4 is 24.4 Å². The van der Waals surface area contributed by atoms with Gasteiger partial charge in [-0.2, -0.15) is 0 Å². The average Bonchev–Trinajstić information content (AvgIpc) is 3.43. The van der Waals surface area contributed by atoms with Gasteiger partial charge in [0.2, 0.25) is 10.0 Å². The van der Waals surface area contributed by atoms with Crippen LogP contribution in [0.4, 0.5) is 11.4 Å². The minimum Gasteiger partial charge on any atom is -0.497 e. The highest BCUT2D eigenvalue weighted by atomic mass is 32.2. The lowest BCUT2D eigenvalue weighted by Gasteiger charge is -2.29. The normalized spacial score (nSPS) is 17.0. The van der Waals surface area contributed by atoms with Gasteiger partial charge < -0.3 is 24.3 Å². The molecule has 0 unspecified atom stereocenters. The number of rotatable bonds is 8. The number of thiocarbonyl (C=S) groups is 1. The first-order chi connectivity index (χ1) is 19.1. The van der Waals surface area contributed by atoms with E-state index < -0.39 is 10.0 Å². The van der Waals surface area contributed by atoms with E-state index in [-0.39, 0.29) is 12.1 Å². The molecule has 1 fully saturated rings. The molecule has 1 aliphatic rings. The third-order valence-corrected chi connectivity index (χ3v) is 7.88. The lowest BCUT2D eigenvalue weighted by molar-refractivity contribution is 0.414. The van der Waals surface area contributed by atoms with E-state index in [0.29, 0.717) is 22.2 Å². The summed E-state index contributed by atoms with van der Waals surface area (Å²) in [4.78, 5) is 6.66. The van der Waals surface area contributed by atoms with Gasteiger partial charge in [0.15, 0.2) is 5.11 Å². The Hall–Kier alpha value is -4.09. The van der Waals surface area contributed by atoms with Crippen LogP contribution in [0, 0.1) is 13.8 Å². The highest BCUT2D eigenvalue weighted by Crippen LogP contribution is 2.45. The minimum absolute atomic E-state index is 0.257. The van der Waals surface area contributed by atoms with Crippen LogP contribution in [0.3, 0.4) is 0 Å². The maximum atomic E-state index is 12.1. The summed E-state index contributed by atoms with van der Waals surface area (Å²) < 4.78 is 39.8. The zero-order chi connectivity index (χ0) is 28.6. The van der Waals surface area contributed by atoms with Crippen LogP contribution in [0.2, 0.25) is 0 Å².